The van der Waals surface area contributed by atoms with E-state index in [9.17, 15) is 4.79 Å². The topological polar surface area (TPSA) is 29.1 Å². The molecule has 1 saturated carbocycles. The van der Waals surface area contributed by atoms with Gasteiger partial charge in [0.15, 0.2) is 0 Å². The first kappa shape index (κ1) is 11.5. The van der Waals surface area contributed by atoms with Crippen molar-refractivity contribution in [2.24, 2.45) is 0 Å². The van der Waals surface area contributed by atoms with Crippen molar-refractivity contribution in [3.05, 3.63) is 29.8 Å². The first-order valence-corrected chi connectivity index (χ1v) is 6.11. The molecule has 1 aliphatic rings. The molecule has 86 valence electrons. The van der Waals surface area contributed by atoms with Crippen molar-refractivity contribution in [2.45, 2.75) is 43.0 Å². The summed E-state index contributed by atoms with van der Waals surface area (Å²) in [4.78, 5) is 12.7. The van der Waals surface area contributed by atoms with Gasteiger partial charge in [-0.25, -0.2) is 0 Å². The molecule has 0 aromatic heterocycles. The van der Waals surface area contributed by atoms with Gasteiger partial charge in [-0.3, -0.25) is 4.79 Å². The molecule has 1 aliphatic carbocycles. The third kappa shape index (κ3) is 2.79. The fraction of sp³-hybridized carbons (Fsp3) is 0.462. The minimum Gasteiger partial charge on any atom is -0.351 e. The summed E-state index contributed by atoms with van der Waals surface area (Å²) in [6.45, 7) is 2.12. The number of rotatable bonds is 3. The van der Waals surface area contributed by atoms with Crippen LogP contribution in [0, 0.1) is 0 Å². The third-order valence-electron chi connectivity index (χ3n) is 3.20. The van der Waals surface area contributed by atoms with E-state index in [1.807, 2.05) is 24.3 Å². The summed E-state index contributed by atoms with van der Waals surface area (Å²) in [6, 6.07) is 7.73. The maximum atomic E-state index is 11.8. The van der Waals surface area contributed by atoms with Gasteiger partial charge in [-0.2, -0.15) is 0 Å². The summed E-state index contributed by atoms with van der Waals surface area (Å²) < 4.78 is 0. The number of hydrogen-bond donors (Lipinski definition) is 2. The van der Waals surface area contributed by atoms with Gasteiger partial charge in [0.05, 0.1) is 6.42 Å². The predicted molar refractivity (Wildman–Crippen MR) is 67.8 cm³/mol. The number of thiol groups is 1. The SMILES string of the molecule is CC1(NC(=O)Cc2ccc(S)cc2)CCC1. The molecule has 0 aliphatic heterocycles. The van der Waals surface area contributed by atoms with Crippen LogP contribution in [0.3, 0.4) is 0 Å². The second-order valence-corrected chi connectivity index (χ2v) is 5.32. The summed E-state index contributed by atoms with van der Waals surface area (Å²) in [5, 5.41) is 3.10. The van der Waals surface area contributed by atoms with Crippen LogP contribution in [-0.4, -0.2) is 11.4 Å². The number of nitrogens with one attached hydrogen (secondary N) is 1. The molecule has 1 aromatic carbocycles. The molecule has 16 heavy (non-hydrogen) atoms. The Morgan fingerprint density at radius 1 is 1.38 bits per heavy atom. The standard InChI is InChI=1S/C13H17NOS/c1-13(7-2-8-13)14-12(15)9-10-3-5-11(16)6-4-10/h3-6,16H,2,7-9H2,1H3,(H,14,15). The molecule has 0 heterocycles. The molecule has 0 bridgehead atoms. The van der Waals surface area contributed by atoms with E-state index in [1.165, 1.54) is 6.42 Å². The number of benzene rings is 1. The Balaban J connectivity index is 1.89. The molecule has 2 rings (SSSR count). The van der Waals surface area contributed by atoms with Crippen molar-refractivity contribution in [3.63, 3.8) is 0 Å². The Labute approximate surface area is 102 Å². The fourth-order valence-corrected chi connectivity index (χ4v) is 2.16. The number of amides is 1. The van der Waals surface area contributed by atoms with Crippen molar-refractivity contribution in [3.8, 4) is 0 Å². The molecule has 3 heteroatoms. The van der Waals surface area contributed by atoms with Crippen molar-refractivity contribution < 1.29 is 4.79 Å². The van der Waals surface area contributed by atoms with E-state index in [1.54, 1.807) is 0 Å². The quantitative estimate of drug-likeness (QED) is 0.775. The molecule has 0 spiro atoms. The van der Waals surface area contributed by atoms with Crippen molar-refractivity contribution in [1.29, 1.82) is 0 Å². The van der Waals surface area contributed by atoms with Crippen LogP contribution in [0.2, 0.25) is 0 Å². The predicted octanol–water partition coefficient (Wildman–Crippen LogP) is 2.58. The van der Waals surface area contributed by atoms with Crippen molar-refractivity contribution in [2.75, 3.05) is 0 Å². The molecule has 0 atom stereocenters. The van der Waals surface area contributed by atoms with Crippen LogP contribution in [0.5, 0.6) is 0 Å². The van der Waals surface area contributed by atoms with Gasteiger partial charge in [-0.1, -0.05) is 12.1 Å². The van der Waals surface area contributed by atoms with Crippen molar-refractivity contribution >= 4 is 18.5 Å². The minimum absolute atomic E-state index is 0.0561. The van der Waals surface area contributed by atoms with Crippen molar-refractivity contribution in [1.82, 2.24) is 5.32 Å². The van der Waals surface area contributed by atoms with Crippen LogP contribution in [0.1, 0.15) is 31.7 Å². The zero-order valence-electron chi connectivity index (χ0n) is 9.49. The summed E-state index contributed by atoms with van der Waals surface area (Å²) in [5.41, 5.74) is 1.10. The average Bonchev–Trinajstić information content (AvgIpc) is 2.19. The van der Waals surface area contributed by atoms with Gasteiger partial charge in [-0.15, -0.1) is 12.6 Å². The highest BCUT2D eigenvalue weighted by atomic mass is 32.1. The lowest BCUT2D eigenvalue weighted by atomic mass is 9.78. The van der Waals surface area contributed by atoms with E-state index in [0.29, 0.717) is 6.42 Å². The van der Waals surface area contributed by atoms with Crippen LogP contribution in [0.25, 0.3) is 0 Å². The molecule has 1 fully saturated rings. The second-order valence-electron chi connectivity index (χ2n) is 4.81. The lowest BCUT2D eigenvalue weighted by Gasteiger charge is -2.39. The molecule has 0 radical (unpaired) electrons. The second kappa shape index (κ2) is 4.50. The summed E-state index contributed by atoms with van der Waals surface area (Å²) in [6.07, 6.45) is 3.90. The molecule has 1 aromatic rings. The van der Waals surface area contributed by atoms with Crippen LogP contribution in [0.4, 0.5) is 0 Å². The smallest absolute Gasteiger partial charge is 0.224 e. The highest BCUT2D eigenvalue weighted by Crippen LogP contribution is 2.30. The van der Waals surface area contributed by atoms with Gasteiger partial charge in [0.25, 0.3) is 0 Å². The highest BCUT2D eigenvalue weighted by molar-refractivity contribution is 7.80. The molecule has 2 nitrogen and oxygen atoms in total. The largest absolute Gasteiger partial charge is 0.351 e. The monoisotopic (exact) mass is 235 g/mol. The third-order valence-corrected chi connectivity index (χ3v) is 3.50. The summed E-state index contributed by atoms with van der Waals surface area (Å²) in [5.74, 6) is 0.120. The van der Waals surface area contributed by atoms with Gasteiger partial charge in [-0.05, 0) is 43.9 Å². The van der Waals surface area contributed by atoms with E-state index >= 15 is 0 Å². The molecule has 1 N–H and O–H groups in total. The Morgan fingerprint density at radius 2 is 2.00 bits per heavy atom. The fourth-order valence-electron chi connectivity index (χ4n) is 2.01. The average molecular weight is 235 g/mol. The highest BCUT2D eigenvalue weighted by Gasteiger charge is 2.32. The van der Waals surface area contributed by atoms with Gasteiger partial charge in [0.2, 0.25) is 5.91 Å². The summed E-state index contributed by atoms with van der Waals surface area (Å²) in [7, 11) is 0. The lowest BCUT2D eigenvalue weighted by Crippen LogP contribution is -2.51. The normalized spacial score (nSPS) is 17.6. The van der Waals surface area contributed by atoms with E-state index in [4.69, 9.17) is 0 Å². The van der Waals surface area contributed by atoms with Crippen LogP contribution >= 0.6 is 12.6 Å². The first-order valence-electron chi connectivity index (χ1n) is 5.66. The molecular formula is C13H17NOS. The van der Waals surface area contributed by atoms with E-state index in [-0.39, 0.29) is 11.4 Å². The van der Waals surface area contributed by atoms with Gasteiger partial charge in [0.1, 0.15) is 0 Å². The molecule has 0 saturated heterocycles. The number of hydrogen-bond acceptors (Lipinski definition) is 2. The van der Waals surface area contributed by atoms with Crippen LogP contribution in [0.15, 0.2) is 29.2 Å². The molecular weight excluding hydrogens is 218 g/mol. The van der Waals surface area contributed by atoms with Gasteiger partial charge < -0.3 is 5.32 Å². The van der Waals surface area contributed by atoms with E-state index in [0.717, 1.165) is 23.3 Å². The van der Waals surface area contributed by atoms with Gasteiger partial charge >= 0.3 is 0 Å². The maximum absolute atomic E-state index is 11.8. The number of carbonyl (C=O) groups excluding carboxylic acids is 1. The zero-order valence-corrected chi connectivity index (χ0v) is 10.4. The zero-order chi connectivity index (χ0) is 11.6. The van der Waals surface area contributed by atoms with E-state index < -0.39 is 0 Å². The number of carbonyl (C=O) groups is 1. The Bertz CT molecular complexity index is 381. The van der Waals surface area contributed by atoms with E-state index in [2.05, 4.69) is 24.9 Å². The Morgan fingerprint density at radius 3 is 2.50 bits per heavy atom. The van der Waals surface area contributed by atoms with Crippen LogP contribution in [-0.2, 0) is 11.2 Å². The first-order chi connectivity index (χ1) is 7.57. The minimum atomic E-state index is 0.0561. The Hall–Kier alpha value is -0.960. The maximum Gasteiger partial charge on any atom is 0.224 e. The lowest BCUT2D eigenvalue weighted by molar-refractivity contribution is -0.123. The summed E-state index contributed by atoms with van der Waals surface area (Å²) >= 11 is 4.21. The molecule has 0 unspecified atom stereocenters. The van der Waals surface area contributed by atoms with Gasteiger partial charge in [0, 0.05) is 10.4 Å². The van der Waals surface area contributed by atoms with Crippen LogP contribution < -0.4 is 5.32 Å². The molecule has 1 amide bonds. The Kier molecular flexibility index (Phi) is 3.24.